The van der Waals surface area contributed by atoms with E-state index in [1.807, 2.05) is 53.9 Å². The van der Waals surface area contributed by atoms with Crippen LogP contribution in [0.5, 0.6) is 5.75 Å². The zero-order chi connectivity index (χ0) is 16.8. The molecule has 24 heavy (non-hydrogen) atoms. The fourth-order valence-corrected chi connectivity index (χ4v) is 2.98. The summed E-state index contributed by atoms with van der Waals surface area (Å²) in [5.74, 6) is 0.830. The Morgan fingerprint density at radius 3 is 2.50 bits per heavy atom. The van der Waals surface area contributed by atoms with Crippen molar-refractivity contribution in [2.24, 2.45) is 0 Å². The molecule has 0 unspecified atom stereocenters. The van der Waals surface area contributed by atoms with E-state index >= 15 is 0 Å². The summed E-state index contributed by atoms with van der Waals surface area (Å²) in [5, 5.41) is 5.85. The predicted octanol–water partition coefficient (Wildman–Crippen LogP) is 4.39. The molecule has 2 aromatic carbocycles. The molecule has 5 heteroatoms. The van der Waals surface area contributed by atoms with Crippen molar-refractivity contribution >= 4 is 22.9 Å². The van der Waals surface area contributed by atoms with Gasteiger partial charge in [0, 0.05) is 29.2 Å². The summed E-state index contributed by atoms with van der Waals surface area (Å²) in [6.45, 7) is 0. The van der Waals surface area contributed by atoms with Crippen molar-refractivity contribution in [2.75, 3.05) is 12.4 Å². The average Bonchev–Trinajstić information content (AvgIpc) is 3.16. The highest BCUT2D eigenvalue weighted by molar-refractivity contribution is 7.13. The van der Waals surface area contributed by atoms with Crippen molar-refractivity contribution in [2.45, 2.75) is 12.8 Å². The number of hydrogen-bond donors (Lipinski definition) is 1. The van der Waals surface area contributed by atoms with Crippen LogP contribution in [0.3, 0.4) is 0 Å². The van der Waals surface area contributed by atoms with Crippen LogP contribution in [0.4, 0.5) is 5.69 Å². The Hall–Kier alpha value is -2.66. The van der Waals surface area contributed by atoms with Gasteiger partial charge in [-0.1, -0.05) is 12.1 Å². The minimum absolute atomic E-state index is 0.00724. The number of nitrogens with one attached hydrogen (secondary N) is 1. The standard InChI is InChI=1S/C19H18N2O2S/c1-23-17-9-2-14(3-10-17)4-11-18(22)21-16-7-5-15(6-8-16)19-20-12-13-24-19/h2-3,5-10,12-13H,4,11H2,1H3,(H,21,22). The summed E-state index contributed by atoms with van der Waals surface area (Å²) < 4.78 is 5.13. The second kappa shape index (κ2) is 7.75. The van der Waals surface area contributed by atoms with Crippen molar-refractivity contribution in [3.05, 3.63) is 65.7 Å². The van der Waals surface area contributed by atoms with Crippen LogP contribution in [-0.4, -0.2) is 18.0 Å². The number of aryl methyl sites for hydroxylation is 1. The lowest BCUT2D eigenvalue weighted by Crippen LogP contribution is -2.12. The quantitative estimate of drug-likeness (QED) is 0.725. The molecule has 0 fully saturated rings. The van der Waals surface area contributed by atoms with Crippen LogP contribution in [0.25, 0.3) is 10.6 Å². The van der Waals surface area contributed by atoms with Gasteiger partial charge in [0.1, 0.15) is 10.8 Å². The highest BCUT2D eigenvalue weighted by Gasteiger charge is 2.05. The van der Waals surface area contributed by atoms with E-state index in [-0.39, 0.29) is 5.91 Å². The van der Waals surface area contributed by atoms with E-state index in [9.17, 15) is 4.79 Å². The van der Waals surface area contributed by atoms with Crippen molar-refractivity contribution in [3.63, 3.8) is 0 Å². The number of rotatable bonds is 6. The number of benzene rings is 2. The summed E-state index contributed by atoms with van der Waals surface area (Å²) in [5.41, 5.74) is 2.97. The first-order valence-electron chi connectivity index (χ1n) is 7.67. The Kier molecular flexibility index (Phi) is 5.23. The van der Waals surface area contributed by atoms with Gasteiger partial charge in [-0.15, -0.1) is 11.3 Å². The molecule has 1 amide bonds. The zero-order valence-electron chi connectivity index (χ0n) is 13.4. The van der Waals surface area contributed by atoms with E-state index in [2.05, 4.69) is 10.3 Å². The zero-order valence-corrected chi connectivity index (χ0v) is 14.2. The van der Waals surface area contributed by atoms with E-state index in [4.69, 9.17) is 4.74 Å². The van der Waals surface area contributed by atoms with E-state index in [1.54, 1.807) is 24.6 Å². The molecule has 1 aromatic heterocycles. The molecule has 3 aromatic rings. The number of aromatic nitrogens is 1. The molecule has 0 spiro atoms. The lowest BCUT2D eigenvalue weighted by atomic mass is 10.1. The molecule has 4 nitrogen and oxygen atoms in total. The fourth-order valence-electron chi connectivity index (χ4n) is 2.34. The Balaban J connectivity index is 1.52. The maximum absolute atomic E-state index is 12.1. The molecule has 0 aliphatic rings. The first-order chi connectivity index (χ1) is 11.7. The van der Waals surface area contributed by atoms with Gasteiger partial charge in [0.05, 0.1) is 7.11 Å². The third kappa shape index (κ3) is 4.20. The van der Waals surface area contributed by atoms with E-state index in [0.29, 0.717) is 12.8 Å². The molecule has 0 saturated carbocycles. The summed E-state index contributed by atoms with van der Waals surface area (Å²) in [6, 6.07) is 15.5. The molecular formula is C19H18N2O2S. The summed E-state index contributed by atoms with van der Waals surface area (Å²) >= 11 is 1.60. The smallest absolute Gasteiger partial charge is 0.224 e. The Morgan fingerprint density at radius 2 is 1.88 bits per heavy atom. The third-order valence-electron chi connectivity index (χ3n) is 3.65. The van der Waals surface area contributed by atoms with E-state index in [1.165, 1.54) is 0 Å². The van der Waals surface area contributed by atoms with Gasteiger partial charge in [-0.25, -0.2) is 4.98 Å². The van der Waals surface area contributed by atoms with Crippen molar-refractivity contribution in [1.82, 2.24) is 4.98 Å². The molecular weight excluding hydrogens is 320 g/mol. The van der Waals surface area contributed by atoms with Gasteiger partial charge in [-0.3, -0.25) is 4.79 Å². The Morgan fingerprint density at radius 1 is 1.12 bits per heavy atom. The van der Waals surface area contributed by atoms with Crippen LogP contribution < -0.4 is 10.1 Å². The minimum atomic E-state index is 0.00724. The third-order valence-corrected chi connectivity index (χ3v) is 4.47. The van der Waals surface area contributed by atoms with Crippen LogP contribution in [0.2, 0.25) is 0 Å². The molecule has 1 N–H and O–H groups in total. The topological polar surface area (TPSA) is 51.2 Å². The molecule has 0 aliphatic heterocycles. The fraction of sp³-hybridized carbons (Fsp3) is 0.158. The number of methoxy groups -OCH3 is 1. The largest absolute Gasteiger partial charge is 0.497 e. The van der Waals surface area contributed by atoms with Crippen LogP contribution in [0, 0.1) is 0 Å². The van der Waals surface area contributed by atoms with Gasteiger partial charge in [-0.05, 0) is 48.4 Å². The highest BCUT2D eigenvalue weighted by atomic mass is 32.1. The minimum Gasteiger partial charge on any atom is -0.497 e. The first kappa shape index (κ1) is 16.2. The van der Waals surface area contributed by atoms with Gasteiger partial charge in [0.15, 0.2) is 0 Å². The number of amides is 1. The molecule has 122 valence electrons. The predicted molar refractivity (Wildman–Crippen MR) is 97.5 cm³/mol. The van der Waals surface area contributed by atoms with Gasteiger partial charge < -0.3 is 10.1 Å². The van der Waals surface area contributed by atoms with Gasteiger partial charge in [-0.2, -0.15) is 0 Å². The maximum Gasteiger partial charge on any atom is 0.224 e. The Bertz CT molecular complexity index is 781. The molecule has 0 saturated heterocycles. The van der Waals surface area contributed by atoms with E-state index < -0.39 is 0 Å². The van der Waals surface area contributed by atoms with Crippen LogP contribution >= 0.6 is 11.3 Å². The lowest BCUT2D eigenvalue weighted by Gasteiger charge is -2.07. The van der Waals surface area contributed by atoms with Crippen LogP contribution in [-0.2, 0) is 11.2 Å². The summed E-state index contributed by atoms with van der Waals surface area (Å²) in [4.78, 5) is 16.4. The molecule has 3 rings (SSSR count). The monoisotopic (exact) mass is 338 g/mol. The van der Waals surface area contributed by atoms with Gasteiger partial charge in [0.2, 0.25) is 5.91 Å². The lowest BCUT2D eigenvalue weighted by molar-refractivity contribution is -0.116. The first-order valence-corrected chi connectivity index (χ1v) is 8.55. The number of nitrogens with zero attached hydrogens (tertiary/aromatic N) is 1. The normalized spacial score (nSPS) is 10.4. The number of carbonyl (C=O) groups excluding carboxylic acids is 1. The number of hydrogen-bond acceptors (Lipinski definition) is 4. The second-order valence-electron chi connectivity index (χ2n) is 5.31. The van der Waals surface area contributed by atoms with Gasteiger partial charge >= 0.3 is 0 Å². The SMILES string of the molecule is COc1ccc(CCC(=O)Nc2ccc(-c3nccs3)cc2)cc1. The number of ether oxygens (including phenoxy) is 1. The number of anilines is 1. The maximum atomic E-state index is 12.1. The van der Waals surface area contributed by atoms with Crippen LogP contribution in [0.1, 0.15) is 12.0 Å². The van der Waals surface area contributed by atoms with Crippen LogP contribution in [0.15, 0.2) is 60.1 Å². The molecule has 0 bridgehead atoms. The molecule has 0 aliphatic carbocycles. The average molecular weight is 338 g/mol. The Labute approximate surface area is 145 Å². The summed E-state index contributed by atoms with van der Waals surface area (Å²) in [6.07, 6.45) is 2.93. The number of thiazole rings is 1. The molecule has 1 heterocycles. The molecule has 0 atom stereocenters. The van der Waals surface area contributed by atoms with Crippen molar-refractivity contribution < 1.29 is 9.53 Å². The van der Waals surface area contributed by atoms with E-state index in [0.717, 1.165) is 27.6 Å². The van der Waals surface area contributed by atoms with Gasteiger partial charge in [0.25, 0.3) is 0 Å². The highest BCUT2D eigenvalue weighted by Crippen LogP contribution is 2.23. The second-order valence-corrected chi connectivity index (χ2v) is 6.21. The summed E-state index contributed by atoms with van der Waals surface area (Å²) in [7, 11) is 1.64. The number of carbonyl (C=O) groups is 1. The molecule has 0 radical (unpaired) electrons. The van der Waals surface area contributed by atoms with Crippen molar-refractivity contribution in [3.8, 4) is 16.3 Å². The van der Waals surface area contributed by atoms with Crippen molar-refractivity contribution in [1.29, 1.82) is 0 Å².